The largest absolute Gasteiger partial charge is 0.353 e. The first kappa shape index (κ1) is 18.2. The minimum absolute atomic E-state index is 0.210. The Hall–Kier alpha value is -3.56. The number of carbonyl (C=O) groups is 1. The second-order valence-electron chi connectivity index (χ2n) is 5.96. The van der Waals surface area contributed by atoms with E-state index in [9.17, 15) is 14.4 Å². The average Bonchev–Trinajstić information content (AvgIpc) is 2.97. The van der Waals surface area contributed by atoms with E-state index in [1.807, 2.05) is 19.9 Å². The van der Waals surface area contributed by atoms with Crippen molar-refractivity contribution in [3.8, 4) is 5.82 Å². The van der Waals surface area contributed by atoms with Crippen molar-refractivity contribution in [2.24, 2.45) is 0 Å². The van der Waals surface area contributed by atoms with Crippen LogP contribution in [0, 0.1) is 13.8 Å². The van der Waals surface area contributed by atoms with Crippen LogP contribution in [0.1, 0.15) is 11.4 Å². The van der Waals surface area contributed by atoms with Gasteiger partial charge >= 0.3 is 0 Å². The Morgan fingerprint density at radius 3 is 2.56 bits per heavy atom. The molecule has 1 N–H and O–H groups in total. The molecule has 10 heteroatoms. The molecule has 0 aliphatic heterocycles. The Balaban J connectivity index is 1.66. The summed E-state index contributed by atoms with van der Waals surface area (Å²) in [6.07, 6.45) is 1.50. The number of aryl methyl sites for hydroxylation is 2. The molecule has 1 amide bonds. The average molecular weight is 369 g/mol. The van der Waals surface area contributed by atoms with Crippen molar-refractivity contribution >= 4 is 5.91 Å². The lowest BCUT2D eigenvalue weighted by Gasteiger charge is -2.09. The number of hydrogen-bond acceptors (Lipinski definition) is 6. The third kappa shape index (κ3) is 4.35. The van der Waals surface area contributed by atoms with Crippen molar-refractivity contribution in [3.63, 3.8) is 0 Å². The van der Waals surface area contributed by atoms with E-state index in [4.69, 9.17) is 0 Å². The Morgan fingerprint density at radius 2 is 1.85 bits per heavy atom. The molecule has 0 radical (unpaired) electrons. The van der Waals surface area contributed by atoms with Gasteiger partial charge in [-0.05, 0) is 32.0 Å². The Labute approximate surface area is 154 Å². The minimum Gasteiger partial charge on any atom is -0.353 e. The summed E-state index contributed by atoms with van der Waals surface area (Å²) in [5.41, 5.74) is 1.06. The molecule has 140 valence electrons. The highest BCUT2D eigenvalue weighted by molar-refractivity contribution is 5.75. The van der Waals surface area contributed by atoms with Gasteiger partial charge in [-0.15, -0.1) is 5.10 Å². The highest BCUT2D eigenvalue weighted by atomic mass is 16.2. The van der Waals surface area contributed by atoms with Crippen LogP contribution in [0.3, 0.4) is 0 Å². The fourth-order valence-electron chi connectivity index (χ4n) is 2.57. The van der Waals surface area contributed by atoms with Gasteiger partial charge in [0.15, 0.2) is 5.82 Å². The zero-order valence-corrected chi connectivity index (χ0v) is 15.0. The molecule has 0 bridgehead atoms. The molecule has 0 spiro atoms. The normalized spacial score (nSPS) is 10.7. The van der Waals surface area contributed by atoms with Crippen molar-refractivity contribution in [2.75, 3.05) is 6.54 Å². The highest BCUT2D eigenvalue weighted by Crippen LogP contribution is 2.07. The summed E-state index contributed by atoms with van der Waals surface area (Å²) in [7, 11) is 0. The molecule has 27 heavy (non-hydrogen) atoms. The number of hydrogen-bond donors (Lipinski definition) is 1. The van der Waals surface area contributed by atoms with Crippen LogP contribution >= 0.6 is 0 Å². The summed E-state index contributed by atoms with van der Waals surface area (Å²) in [6, 6.07) is 7.74. The van der Waals surface area contributed by atoms with Crippen LogP contribution in [-0.2, 0) is 17.9 Å². The fraction of sp³-hybridized carbons (Fsp3) is 0.294. The van der Waals surface area contributed by atoms with E-state index in [0.717, 1.165) is 16.1 Å². The summed E-state index contributed by atoms with van der Waals surface area (Å²) in [4.78, 5) is 35.7. The molecule has 0 saturated heterocycles. The predicted octanol–water partition coefficient (Wildman–Crippen LogP) is -0.581. The van der Waals surface area contributed by atoms with Gasteiger partial charge in [0.25, 0.3) is 11.1 Å². The van der Waals surface area contributed by atoms with Crippen molar-refractivity contribution in [2.45, 2.75) is 26.9 Å². The third-order valence-corrected chi connectivity index (χ3v) is 3.80. The van der Waals surface area contributed by atoms with Crippen LogP contribution in [0.2, 0.25) is 0 Å². The first-order chi connectivity index (χ1) is 12.9. The molecule has 3 rings (SSSR count). The number of carbonyl (C=O) groups excluding carboxylic acids is 1. The van der Waals surface area contributed by atoms with Crippen LogP contribution in [0.5, 0.6) is 0 Å². The van der Waals surface area contributed by atoms with Crippen LogP contribution in [-0.4, -0.2) is 41.8 Å². The standard InChI is InChI=1S/C17H19N7O3/c1-12-10-13(2)24(20-12)14-5-6-17(27)23(21-14)11-15(25)18-8-9-22-16(26)4-3-7-19-22/h3-7,10H,8-9,11H2,1-2H3,(H,18,25). The minimum atomic E-state index is -0.392. The lowest BCUT2D eigenvalue weighted by atomic mass is 10.4. The van der Waals surface area contributed by atoms with E-state index in [1.54, 1.807) is 16.8 Å². The SMILES string of the molecule is Cc1cc(C)n(-c2ccc(=O)n(CC(=O)NCCn3ncccc3=O)n2)n1. The number of aromatic nitrogens is 6. The van der Waals surface area contributed by atoms with Gasteiger partial charge in [-0.1, -0.05) is 0 Å². The summed E-state index contributed by atoms with van der Waals surface area (Å²) in [5, 5.41) is 15.1. The summed E-state index contributed by atoms with van der Waals surface area (Å²) >= 11 is 0. The molecule has 0 saturated carbocycles. The van der Waals surface area contributed by atoms with Gasteiger partial charge in [-0.2, -0.15) is 10.2 Å². The zero-order valence-electron chi connectivity index (χ0n) is 15.0. The number of nitrogens with one attached hydrogen (secondary N) is 1. The smallest absolute Gasteiger partial charge is 0.267 e. The van der Waals surface area contributed by atoms with Crippen molar-refractivity contribution in [1.82, 2.24) is 34.7 Å². The van der Waals surface area contributed by atoms with E-state index in [2.05, 4.69) is 20.6 Å². The van der Waals surface area contributed by atoms with Crippen LogP contribution in [0.25, 0.3) is 5.82 Å². The van der Waals surface area contributed by atoms with Crippen molar-refractivity contribution in [1.29, 1.82) is 0 Å². The molecule has 0 unspecified atom stereocenters. The Kier molecular flexibility index (Phi) is 5.25. The van der Waals surface area contributed by atoms with Gasteiger partial charge in [0.2, 0.25) is 5.91 Å². The molecular weight excluding hydrogens is 350 g/mol. The molecule has 3 heterocycles. The Morgan fingerprint density at radius 1 is 1.07 bits per heavy atom. The van der Waals surface area contributed by atoms with E-state index in [-0.39, 0.29) is 31.1 Å². The first-order valence-corrected chi connectivity index (χ1v) is 8.35. The number of nitrogens with zero attached hydrogens (tertiary/aromatic N) is 6. The molecule has 0 aliphatic rings. The third-order valence-electron chi connectivity index (χ3n) is 3.80. The number of amides is 1. The predicted molar refractivity (Wildman–Crippen MR) is 96.6 cm³/mol. The Bertz CT molecular complexity index is 1080. The molecule has 10 nitrogen and oxygen atoms in total. The monoisotopic (exact) mass is 369 g/mol. The van der Waals surface area contributed by atoms with Gasteiger partial charge < -0.3 is 5.32 Å². The van der Waals surface area contributed by atoms with E-state index in [0.29, 0.717) is 5.82 Å². The molecule has 0 aromatic carbocycles. The van der Waals surface area contributed by atoms with Gasteiger partial charge in [0.05, 0.1) is 12.2 Å². The van der Waals surface area contributed by atoms with Gasteiger partial charge in [-0.25, -0.2) is 14.0 Å². The van der Waals surface area contributed by atoms with Gasteiger partial charge in [-0.3, -0.25) is 14.4 Å². The molecular formula is C17H19N7O3. The molecule has 3 aromatic heterocycles. The van der Waals surface area contributed by atoms with E-state index >= 15 is 0 Å². The molecule has 0 atom stereocenters. The van der Waals surface area contributed by atoms with Crippen molar-refractivity contribution < 1.29 is 4.79 Å². The summed E-state index contributed by atoms with van der Waals surface area (Å²) in [6.45, 7) is 3.95. The highest BCUT2D eigenvalue weighted by Gasteiger charge is 2.10. The van der Waals surface area contributed by atoms with Crippen LogP contribution in [0.15, 0.2) is 46.1 Å². The lowest BCUT2D eigenvalue weighted by Crippen LogP contribution is -2.36. The second kappa shape index (κ2) is 7.77. The molecule has 0 aliphatic carbocycles. The van der Waals surface area contributed by atoms with E-state index < -0.39 is 5.56 Å². The quantitative estimate of drug-likeness (QED) is 0.621. The maximum Gasteiger partial charge on any atom is 0.267 e. The van der Waals surface area contributed by atoms with Gasteiger partial charge in [0.1, 0.15) is 6.54 Å². The molecule has 3 aromatic rings. The number of rotatable bonds is 6. The maximum atomic E-state index is 12.1. The maximum absolute atomic E-state index is 12.1. The molecule has 0 fully saturated rings. The summed E-state index contributed by atoms with van der Waals surface area (Å²) in [5.74, 6) is 0.0622. The second-order valence-corrected chi connectivity index (χ2v) is 5.96. The van der Waals surface area contributed by atoms with Crippen LogP contribution in [0.4, 0.5) is 0 Å². The van der Waals surface area contributed by atoms with Crippen LogP contribution < -0.4 is 16.4 Å². The zero-order chi connectivity index (χ0) is 19.4. The lowest BCUT2D eigenvalue weighted by molar-refractivity contribution is -0.121. The van der Waals surface area contributed by atoms with Gasteiger partial charge in [0, 0.05) is 30.6 Å². The summed E-state index contributed by atoms with van der Waals surface area (Å²) < 4.78 is 3.93. The topological polar surface area (TPSA) is 117 Å². The fourth-order valence-corrected chi connectivity index (χ4v) is 2.57. The van der Waals surface area contributed by atoms with Crippen molar-refractivity contribution in [3.05, 3.63) is 68.6 Å². The first-order valence-electron chi connectivity index (χ1n) is 8.35. The van der Waals surface area contributed by atoms with E-state index in [1.165, 1.54) is 23.0 Å².